The molecule has 1 N–H and O–H groups in total. The van der Waals surface area contributed by atoms with E-state index in [4.69, 9.17) is 0 Å². The number of hydrogen-bond donors (Lipinski definition) is 1. The molecule has 118 valence electrons. The first kappa shape index (κ1) is 18.1. The van der Waals surface area contributed by atoms with Crippen LogP contribution in [0, 0.1) is 6.92 Å². The van der Waals surface area contributed by atoms with Gasteiger partial charge in [0.2, 0.25) is 0 Å². The van der Waals surface area contributed by atoms with Gasteiger partial charge in [0.05, 0.1) is 0 Å². The van der Waals surface area contributed by atoms with E-state index >= 15 is 0 Å². The first-order valence-electron chi connectivity index (χ1n) is 6.99. The van der Waals surface area contributed by atoms with E-state index in [9.17, 15) is 8.42 Å². The Morgan fingerprint density at radius 3 is 2.48 bits per heavy atom. The van der Waals surface area contributed by atoms with E-state index < -0.39 is 10.0 Å². The summed E-state index contributed by atoms with van der Waals surface area (Å²) in [7, 11) is -3.48. The Balaban J connectivity index is 2.99. The number of aryl methyl sites for hydroxylation is 1. The highest BCUT2D eigenvalue weighted by Crippen LogP contribution is 2.28. The van der Waals surface area contributed by atoms with Crippen LogP contribution in [0.25, 0.3) is 0 Å². The SMILES string of the molecule is C=CCN(CC=C)S(=O)(=O)c1cc(C)c(CNCCC)s1. The maximum absolute atomic E-state index is 12.6. The molecule has 0 aliphatic heterocycles. The normalized spacial score (nSPS) is 11.8. The lowest BCUT2D eigenvalue weighted by atomic mass is 10.3. The van der Waals surface area contributed by atoms with Gasteiger partial charge in [0.25, 0.3) is 10.0 Å². The molecule has 0 unspecified atom stereocenters. The highest BCUT2D eigenvalue weighted by atomic mass is 32.2. The summed E-state index contributed by atoms with van der Waals surface area (Å²) in [5.74, 6) is 0. The van der Waals surface area contributed by atoms with Gasteiger partial charge in [-0.1, -0.05) is 19.1 Å². The largest absolute Gasteiger partial charge is 0.312 e. The van der Waals surface area contributed by atoms with Gasteiger partial charge in [0.1, 0.15) is 4.21 Å². The summed E-state index contributed by atoms with van der Waals surface area (Å²) in [4.78, 5) is 1.07. The predicted molar refractivity (Wildman–Crippen MR) is 90.2 cm³/mol. The van der Waals surface area contributed by atoms with Gasteiger partial charge in [-0.2, -0.15) is 4.31 Å². The van der Waals surface area contributed by atoms with Crippen LogP contribution in [0.3, 0.4) is 0 Å². The lowest BCUT2D eigenvalue weighted by Gasteiger charge is -2.17. The summed E-state index contributed by atoms with van der Waals surface area (Å²) >= 11 is 1.34. The summed E-state index contributed by atoms with van der Waals surface area (Å²) in [5, 5.41) is 3.31. The maximum Gasteiger partial charge on any atom is 0.253 e. The summed E-state index contributed by atoms with van der Waals surface area (Å²) in [6, 6.07) is 1.75. The third-order valence-electron chi connectivity index (χ3n) is 2.97. The zero-order chi connectivity index (χ0) is 15.9. The number of sulfonamides is 1. The van der Waals surface area contributed by atoms with Crippen molar-refractivity contribution >= 4 is 21.4 Å². The molecule has 1 heterocycles. The Morgan fingerprint density at radius 1 is 1.33 bits per heavy atom. The number of rotatable bonds is 10. The molecule has 0 radical (unpaired) electrons. The van der Waals surface area contributed by atoms with E-state index in [-0.39, 0.29) is 13.1 Å². The number of nitrogens with zero attached hydrogens (tertiary/aromatic N) is 1. The molecule has 1 aromatic heterocycles. The van der Waals surface area contributed by atoms with Crippen molar-refractivity contribution in [2.24, 2.45) is 0 Å². The first-order chi connectivity index (χ1) is 9.97. The van der Waals surface area contributed by atoms with Gasteiger partial charge >= 0.3 is 0 Å². The average molecular weight is 329 g/mol. The number of thiophene rings is 1. The molecule has 6 heteroatoms. The van der Waals surface area contributed by atoms with Crippen LogP contribution in [0.5, 0.6) is 0 Å². The Kier molecular flexibility index (Phi) is 7.31. The first-order valence-corrected chi connectivity index (χ1v) is 9.25. The molecule has 4 nitrogen and oxygen atoms in total. The third-order valence-corrected chi connectivity index (χ3v) is 6.49. The Morgan fingerprint density at radius 2 is 1.95 bits per heavy atom. The van der Waals surface area contributed by atoms with Crippen LogP contribution in [-0.2, 0) is 16.6 Å². The molecule has 1 aromatic rings. The number of hydrogen-bond acceptors (Lipinski definition) is 4. The molecule has 0 amide bonds. The summed E-state index contributed by atoms with van der Waals surface area (Å²) in [5.41, 5.74) is 1.01. The van der Waals surface area contributed by atoms with E-state index in [1.54, 1.807) is 18.2 Å². The van der Waals surface area contributed by atoms with Crippen LogP contribution >= 0.6 is 11.3 Å². The van der Waals surface area contributed by atoms with Gasteiger partial charge in [0, 0.05) is 24.5 Å². The molecule has 21 heavy (non-hydrogen) atoms. The van der Waals surface area contributed by atoms with E-state index in [0.717, 1.165) is 23.4 Å². The second-order valence-corrected chi connectivity index (χ2v) is 8.05. The average Bonchev–Trinajstić information content (AvgIpc) is 2.81. The molecule has 0 saturated heterocycles. The standard InChI is InChI=1S/C15H24N2O2S2/c1-5-8-16-12-14-13(4)11-15(20-14)21(18,19)17(9-6-2)10-7-3/h6-7,11,16H,2-3,5,8-10,12H2,1,4H3. The summed E-state index contributed by atoms with van der Waals surface area (Å²) in [6.07, 6.45) is 4.23. The molecule has 0 aromatic carbocycles. The second-order valence-electron chi connectivity index (χ2n) is 4.75. The Hall–Kier alpha value is -0.950. The zero-order valence-corrected chi connectivity index (χ0v) is 14.4. The highest BCUT2D eigenvalue weighted by molar-refractivity contribution is 7.91. The molecule has 0 saturated carbocycles. The summed E-state index contributed by atoms with van der Waals surface area (Å²) < 4.78 is 27.0. The van der Waals surface area contributed by atoms with Crippen molar-refractivity contribution in [3.63, 3.8) is 0 Å². The van der Waals surface area contributed by atoms with Crippen molar-refractivity contribution < 1.29 is 8.42 Å². The van der Waals surface area contributed by atoms with Crippen molar-refractivity contribution in [3.8, 4) is 0 Å². The van der Waals surface area contributed by atoms with Crippen LogP contribution in [0.2, 0.25) is 0 Å². The van der Waals surface area contributed by atoms with E-state index in [0.29, 0.717) is 10.8 Å². The maximum atomic E-state index is 12.6. The fourth-order valence-electron chi connectivity index (χ4n) is 1.86. The molecule has 0 aliphatic carbocycles. The van der Waals surface area contributed by atoms with Crippen molar-refractivity contribution in [2.45, 2.75) is 31.0 Å². The van der Waals surface area contributed by atoms with E-state index in [2.05, 4.69) is 25.4 Å². The molecule has 0 bridgehead atoms. The number of nitrogens with one attached hydrogen (secondary N) is 1. The fourth-order valence-corrected chi connectivity index (χ4v) is 4.95. The zero-order valence-electron chi connectivity index (χ0n) is 12.8. The van der Waals surface area contributed by atoms with Crippen LogP contribution in [0.4, 0.5) is 0 Å². The van der Waals surface area contributed by atoms with Crippen LogP contribution < -0.4 is 5.32 Å². The fraction of sp³-hybridized carbons (Fsp3) is 0.467. The second kappa shape index (κ2) is 8.48. The van der Waals surface area contributed by atoms with Gasteiger partial charge < -0.3 is 5.32 Å². The van der Waals surface area contributed by atoms with Crippen molar-refractivity contribution in [1.82, 2.24) is 9.62 Å². The van der Waals surface area contributed by atoms with Gasteiger partial charge in [-0.25, -0.2) is 8.42 Å². The molecule has 0 aliphatic rings. The summed E-state index contributed by atoms with van der Waals surface area (Å²) in [6.45, 7) is 13.5. The lowest BCUT2D eigenvalue weighted by Crippen LogP contribution is -2.30. The Bertz CT molecular complexity index is 566. The molecule has 1 rings (SSSR count). The molecule has 0 fully saturated rings. The van der Waals surface area contributed by atoms with Crippen LogP contribution in [-0.4, -0.2) is 32.4 Å². The minimum absolute atomic E-state index is 0.286. The highest BCUT2D eigenvalue weighted by Gasteiger charge is 2.25. The lowest BCUT2D eigenvalue weighted by molar-refractivity contribution is 0.476. The minimum Gasteiger partial charge on any atom is -0.312 e. The predicted octanol–water partition coefficient (Wildman–Crippen LogP) is 2.92. The minimum atomic E-state index is -3.48. The van der Waals surface area contributed by atoms with Crippen molar-refractivity contribution in [3.05, 3.63) is 41.8 Å². The van der Waals surface area contributed by atoms with E-state index in [1.165, 1.54) is 15.6 Å². The van der Waals surface area contributed by atoms with Gasteiger partial charge in [-0.15, -0.1) is 24.5 Å². The molecular formula is C15H24N2O2S2. The van der Waals surface area contributed by atoms with Gasteiger partial charge in [-0.3, -0.25) is 0 Å². The quantitative estimate of drug-likeness (QED) is 0.531. The van der Waals surface area contributed by atoms with Gasteiger partial charge in [-0.05, 0) is 31.5 Å². The van der Waals surface area contributed by atoms with Gasteiger partial charge in [0.15, 0.2) is 0 Å². The molecule has 0 spiro atoms. The van der Waals surface area contributed by atoms with E-state index in [1.807, 2.05) is 6.92 Å². The third kappa shape index (κ3) is 4.78. The molecular weight excluding hydrogens is 304 g/mol. The smallest absolute Gasteiger partial charge is 0.253 e. The topological polar surface area (TPSA) is 49.4 Å². The van der Waals surface area contributed by atoms with Crippen LogP contribution in [0.1, 0.15) is 23.8 Å². The van der Waals surface area contributed by atoms with Crippen molar-refractivity contribution in [1.29, 1.82) is 0 Å². The van der Waals surface area contributed by atoms with Crippen molar-refractivity contribution in [2.75, 3.05) is 19.6 Å². The Labute approximate surface area is 132 Å². The van der Waals surface area contributed by atoms with Crippen LogP contribution in [0.15, 0.2) is 35.6 Å². The monoisotopic (exact) mass is 328 g/mol. The molecule has 0 atom stereocenters.